The normalized spacial score (nSPS) is 17.3. The van der Waals surface area contributed by atoms with Gasteiger partial charge >= 0.3 is 0 Å². The first-order chi connectivity index (χ1) is 12.8. The first kappa shape index (κ1) is 17.0. The molecule has 26 heavy (non-hydrogen) atoms. The van der Waals surface area contributed by atoms with E-state index in [0.717, 1.165) is 29.9 Å². The van der Waals surface area contributed by atoms with E-state index in [1.54, 1.807) is 6.33 Å². The smallest absolute Gasteiger partial charge is 0.226 e. The Morgan fingerprint density at radius 2 is 1.73 bits per heavy atom. The van der Waals surface area contributed by atoms with Gasteiger partial charge in [0.05, 0.1) is 10.9 Å². The quantitative estimate of drug-likeness (QED) is 0.689. The van der Waals surface area contributed by atoms with Crippen molar-refractivity contribution in [1.82, 2.24) is 14.9 Å². The summed E-state index contributed by atoms with van der Waals surface area (Å²) in [5.74, 6) is 1.44. The largest absolute Gasteiger partial charge is 0.458 e. The molecule has 1 aliphatic rings. The van der Waals surface area contributed by atoms with Gasteiger partial charge < -0.3 is 4.74 Å². The van der Waals surface area contributed by atoms with Crippen LogP contribution in [0.3, 0.4) is 0 Å². The van der Waals surface area contributed by atoms with Crippen LogP contribution in [-0.2, 0) is 6.42 Å². The van der Waals surface area contributed by atoms with Crippen LogP contribution in [0.2, 0.25) is 0 Å². The topological polar surface area (TPSA) is 38.3 Å². The molecule has 4 nitrogen and oxygen atoms in total. The molecular weight excluding hydrogens is 322 g/mol. The molecule has 1 atom stereocenters. The van der Waals surface area contributed by atoms with Crippen LogP contribution in [0.15, 0.2) is 60.9 Å². The molecule has 2 heterocycles. The highest BCUT2D eigenvalue weighted by molar-refractivity contribution is 5.82. The lowest BCUT2D eigenvalue weighted by molar-refractivity contribution is 0.0132. The number of para-hydroxylation sites is 1. The average molecular weight is 347 g/mol. The molecular formula is C22H25N3O. The van der Waals surface area contributed by atoms with Crippen LogP contribution < -0.4 is 4.74 Å². The highest BCUT2D eigenvalue weighted by atomic mass is 16.5. The number of hydrogen-bond acceptors (Lipinski definition) is 4. The number of benzene rings is 2. The van der Waals surface area contributed by atoms with E-state index in [1.807, 2.05) is 24.3 Å². The van der Waals surface area contributed by atoms with Gasteiger partial charge in [-0.05, 0) is 49.8 Å². The lowest BCUT2D eigenvalue weighted by Gasteiger charge is -2.35. The first-order valence-corrected chi connectivity index (χ1v) is 9.44. The van der Waals surface area contributed by atoms with E-state index >= 15 is 0 Å². The Balaban J connectivity index is 1.35. The Morgan fingerprint density at radius 1 is 1.00 bits per heavy atom. The predicted octanol–water partition coefficient (Wildman–Crippen LogP) is 4.31. The van der Waals surface area contributed by atoms with Gasteiger partial charge in [0.1, 0.15) is 6.33 Å². The lowest BCUT2D eigenvalue weighted by Crippen LogP contribution is -2.43. The molecule has 1 unspecified atom stereocenters. The Kier molecular flexibility index (Phi) is 5.12. The summed E-state index contributed by atoms with van der Waals surface area (Å²) in [4.78, 5) is 11.1. The molecule has 0 bridgehead atoms. The molecule has 0 radical (unpaired) electrons. The zero-order valence-corrected chi connectivity index (χ0v) is 15.2. The molecule has 1 fully saturated rings. The molecule has 1 aromatic heterocycles. The van der Waals surface area contributed by atoms with Crippen molar-refractivity contribution < 1.29 is 4.74 Å². The molecule has 0 aliphatic carbocycles. The van der Waals surface area contributed by atoms with Crippen molar-refractivity contribution in [3.8, 4) is 5.88 Å². The first-order valence-electron chi connectivity index (χ1n) is 9.44. The predicted molar refractivity (Wildman–Crippen MR) is 104 cm³/mol. The second kappa shape index (κ2) is 7.83. The maximum absolute atomic E-state index is 6.20. The van der Waals surface area contributed by atoms with Crippen molar-refractivity contribution in [2.24, 2.45) is 5.92 Å². The third kappa shape index (κ3) is 3.86. The average Bonchev–Trinajstić information content (AvgIpc) is 2.70. The number of rotatable bonds is 5. The van der Waals surface area contributed by atoms with Crippen LogP contribution in [0, 0.1) is 5.92 Å². The lowest BCUT2D eigenvalue weighted by atomic mass is 9.90. The number of ether oxygens (including phenoxy) is 1. The third-order valence-corrected chi connectivity index (χ3v) is 5.32. The molecule has 0 spiro atoms. The Labute approximate surface area is 154 Å². The van der Waals surface area contributed by atoms with E-state index in [-0.39, 0.29) is 6.23 Å². The minimum absolute atomic E-state index is 0.0194. The van der Waals surface area contributed by atoms with Crippen molar-refractivity contribution >= 4 is 10.9 Å². The minimum Gasteiger partial charge on any atom is -0.458 e. The van der Waals surface area contributed by atoms with Crippen molar-refractivity contribution in [2.45, 2.75) is 32.4 Å². The van der Waals surface area contributed by atoms with E-state index < -0.39 is 0 Å². The molecule has 0 amide bonds. The van der Waals surface area contributed by atoms with E-state index in [2.05, 4.69) is 52.1 Å². The maximum Gasteiger partial charge on any atom is 0.226 e. The molecule has 0 N–H and O–H groups in total. The van der Waals surface area contributed by atoms with Gasteiger partial charge in [0.25, 0.3) is 0 Å². The van der Waals surface area contributed by atoms with Gasteiger partial charge in [0.2, 0.25) is 5.88 Å². The number of nitrogens with zero attached hydrogens (tertiary/aromatic N) is 3. The summed E-state index contributed by atoms with van der Waals surface area (Å²) in [6, 6.07) is 18.8. The second-order valence-electron chi connectivity index (χ2n) is 7.08. The fourth-order valence-electron chi connectivity index (χ4n) is 3.78. The Hall–Kier alpha value is -2.46. The van der Waals surface area contributed by atoms with Crippen LogP contribution >= 0.6 is 0 Å². The summed E-state index contributed by atoms with van der Waals surface area (Å²) >= 11 is 0. The van der Waals surface area contributed by atoms with Crippen molar-refractivity contribution in [1.29, 1.82) is 0 Å². The highest BCUT2D eigenvalue weighted by Gasteiger charge is 2.24. The molecule has 4 heteroatoms. The minimum atomic E-state index is 0.0194. The Bertz CT molecular complexity index is 839. The number of piperidine rings is 1. The summed E-state index contributed by atoms with van der Waals surface area (Å²) in [6.45, 7) is 4.26. The number of fused-ring (bicyclic) bond motifs is 1. The van der Waals surface area contributed by atoms with Crippen LogP contribution in [0.5, 0.6) is 5.88 Å². The molecule has 3 aromatic rings. The fraction of sp³-hybridized carbons (Fsp3) is 0.364. The molecule has 0 saturated carbocycles. The third-order valence-electron chi connectivity index (χ3n) is 5.32. The van der Waals surface area contributed by atoms with Crippen LogP contribution in [0.25, 0.3) is 10.9 Å². The van der Waals surface area contributed by atoms with E-state index in [9.17, 15) is 0 Å². The summed E-state index contributed by atoms with van der Waals surface area (Å²) in [6.07, 6.45) is 5.21. The summed E-state index contributed by atoms with van der Waals surface area (Å²) in [5, 5.41) is 0.973. The number of hydrogen-bond donors (Lipinski definition) is 0. The zero-order chi connectivity index (χ0) is 17.8. The monoisotopic (exact) mass is 347 g/mol. The van der Waals surface area contributed by atoms with Gasteiger partial charge in [-0.15, -0.1) is 0 Å². The number of likely N-dealkylation sites (tertiary alicyclic amines) is 1. The zero-order valence-electron chi connectivity index (χ0n) is 15.2. The van der Waals surface area contributed by atoms with Gasteiger partial charge in [0.15, 0.2) is 6.23 Å². The maximum atomic E-state index is 6.20. The van der Waals surface area contributed by atoms with E-state index in [0.29, 0.717) is 5.88 Å². The summed E-state index contributed by atoms with van der Waals surface area (Å²) < 4.78 is 6.20. The molecule has 1 saturated heterocycles. The molecule has 1 aliphatic heterocycles. The standard InChI is InChI=1S/C22H25N3O/c1-17(26-22-20-9-5-6-10-21(20)23-16-24-22)25-13-11-19(12-14-25)15-18-7-3-2-4-8-18/h2-10,16-17,19H,11-15H2,1H3. The SMILES string of the molecule is CC(Oc1ncnc2ccccc12)N1CCC(Cc2ccccc2)CC1. The van der Waals surface area contributed by atoms with Gasteiger partial charge in [-0.2, -0.15) is 0 Å². The van der Waals surface area contributed by atoms with Crippen molar-refractivity contribution in [2.75, 3.05) is 13.1 Å². The van der Waals surface area contributed by atoms with Crippen molar-refractivity contribution in [3.63, 3.8) is 0 Å². The van der Waals surface area contributed by atoms with Crippen LogP contribution in [0.1, 0.15) is 25.3 Å². The Morgan fingerprint density at radius 3 is 2.54 bits per heavy atom. The molecule has 4 rings (SSSR count). The van der Waals surface area contributed by atoms with E-state index in [1.165, 1.54) is 24.8 Å². The van der Waals surface area contributed by atoms with Gasteiger partial charge in [-0.3, -0.25) is 4.90 Å². The van der Waals surface area contributed by atoms with E-state index in [4.69, 9.17) is 4.74 Å². The summed E-state index contributed by atoms with van der Waals surface area (Å²) in [7, 11) is 0. The fourth-order valence-corrected chi connectivity index (χ4v) is 3.78. The summed E-state index contributed by atoms with van der Waals surface area (Å²) in [5.41, 5.74) is 2.37. The highest BCUT2D eigenvalue weighted by Crippen LogP contribution is 2.26. The van der Waals surface area contributed by atoms with Gasteiger partial charge in [-0.1, -0.05) is 42.5 Å². The van der Waals surface area contributed by atoms with Gasteiger partial charge in [0, 0.05) is 13.1 Å². The second-order valence-corrected chi connectivity index (χ2v) is 7.08. The van der Waals surface area contributed by atoms with Crippen LogP contribution in [0.4, 0.5) is 0 Å². The van der Waals surface area contributed by atoms with Crippen molar-refractivity contribution in [3.05, 3.63) is 66.5 Å². The molecule has 2 aromatic carbocycles. The van der Waals surface area contributed by atoms with Crippen LogP contribution in [-0.4, -0.2) is 34.2 Å². The number of aromatic nitrogens is 2. The molecule has 134 valence electrons. The van der Waals surface area contributed by atoms with Gasteiger partial charge in [-0.25, -0.2) is 9.97 Å².